The molecule has 0 aliphatic carbocycles. The number of ether oxygens (including phenoxy) is 2. The maximum atomic E-state index is 13.4. The maximum absolute atomic E-state index is 13.4. The molecule has 1 saturated heterocycles. The van der Waals surface area contributed by atoms with Crippen LogP contribution in [0, 0.1) is 5.82 Å². The Morgan fingerprint density at radius 1 is 1.24 bits per heavy atom. The summed E-state index contributed by atoms with van der Waals surface area (Å²) in [5, 5.41) is 9.64. The molecule has 0 spiro atoms. The van der Waals surface area contributed by atoms with Gasteiger partial charge >= 0.3 is 0 Å². The molecule has 0 radical (unpaired) electrons. The number of thioether (sulfide) groups is 1. The van der Waals surface area contributed by atoms with Gasteiger partial charge in [0, 0.05) is 28.0 Å². The number of aromatic nitrogens is 3. The zero-order valence-corrected chi connectivity index (χ0v) is 18.4. The molecule has 4 rings (SSSR count). The van der Waals surface area contributed by atoms with Crippen molar-refractivity contribution in [2.75, 3.05) is 13.7 Å². The van der Waals surface area contributed by atoms with Gasteiger partial charge in [0.2, 0.25) is 0 Å². The molecule has 29 heavy (non-hydrogen) atoms. The summed E-state index contributed by atoms with van der Waals surface area (Å²) in [7, 11) is 1.67. The van der Waals surface area contributed by atoms with Crippen molar-refractivity contribution in [3.63, 3.8) is 0 Å². The highest BCUT2D eigenvalue weighted by Crippen LogP contribution is 2.32. The predicted octanol–water partition coefficient (Wildman–Crippen LogP) is 5.33. The zero-order valence-electron chi connectivity index (χ0n) is 16.0. The molecule has 1 aliphatic rings. The lowest BCUT2D eigenvalue weighted by Gasteiger charge is -2.15. The van der Waals surface area contributed by atoms with Crippen molar-refractivity contribution in [2.45, 2.75) is 36.4 Å². The molecular formula is C21H21BrFN3O2S. The highest BCUT2D eigenvalue weighted by atomic mass is 79.9. The fraction of sp³-hybridized carbons (Fsp3) is 0.333. The Bertz CT molecular complexity index is 975. The van der Waals surface area contributed by atoms with Gasteiger partial charge in [0.05, 0.1) is 19.8 Å². The normalized spacial score (nSPS) is 16.3. The maximum Gasteiger partial charge on any atom is 0.191 e. The Hall–Kier alpha value is -1.90. The van der Waals surface area contributed by atoms with Crippen molar-refractivity contribution in [3.8, 4) is 17.1 Å². The van der Waals surface area contributed by atoms with Crippen molar-refractivity contribution in [2.24, 2.45) is 0 Å². The fourth-order valence-corrected chi connectivity index (χ4v) is 4.70. The summed E-state index contributed by atoms with van der Waals surface area (Å²) in [4.78, 5) is 0. The van der Waals surface area contributed by atoms with Crippen molar-refractivity contribution in [3.05, 3.63) is 58.3 Å². The summed E-state index contributed by atoms with van der Waals surface area (Å²) in [5.74, 6) is 1.99. The molecule has 5 nitrogen and oxygen atoms in total. The monoisotopic (exact) mass is 477 g/mol. The molecule has 0 N–H and O–H groups in total. The molecule has 1 unspecified atom stereocenters. The van der Waals surface area contributed by atoms with E-state index in [2.05, 4.69) is 30.7 Å². The van der Waals surface area contributed by atoms with E-state index in [1.807, 2.05) is 18.2 Å². The van der Waals surface area contributed by atoms with E-state index >= 15 is 0 Å². The van der Waals surface area contributed by atoms with E-state index in [0.717, 1.165) is 51.8 Å². The van der Waals surface area contributed by atoms with Crippen LogP contribution in [0.3, 0.4) is 0 Å². The van der Waals surface area contributed by atoms with Crippen LogP contribution < -0.4 is 4.74 Å². The minimum Gasteiger partial charge on any atom is -0.496 e. The van der Waals surface area contributed by atoms with Gasteiger partial charge in [-0.1, -0.05) is 27.7 Å². The summed E-state index contributed by atoms with van der Waals surface area (Å²) in [5.41, 5.74) is 1.91. The first-order valence-electron chi connectivity index (χ1n) is 9.40. The summed E-state index contributed by atoms with van der Waals surface area (Å²) in [6.45, 7) is 1.47. The first-order valence-corrected chi connectivity index (χ1v) is 11.2. The third kappa shape index (κ3) is 4.82. The summed E-state index contributed by atoms with van der Waals surface area (Å²) < 4.78 is 27.8. The van der Waals surface area contributed by atoms with E-state index < -0.39 is 0 Å². The largest absolute Gasteiger partial charge is 0.496 e. The van der Waals surface area contributed by atoms with Gasteiger partial charge in [-0.15, -0.1) is 10.2 Å². The number of hydrogen-bond donors (Lipinski definition) is 0. The lowest BCUT2D eigenvalue weighted by molar-refractivity contribution is 0.0953. The number of halogens is 2. The summed E-state index contributed by atoms with van der Waals surface area (Å²) in [6, 6.07) is 12.3. The van der Waals surface area contributed by atoms with E-state index in [0.29, 0.717) is 12.3 Å². The van der Waals surface area contributed by atoms with Crippen molar-refractivity contribution < 1.29 is 13.9 Å². The Kier molecular flexibility index (Phi) is 6.52. The Balaban J connectivity index is 1.62. The molecule has 0 amide bonds. The highest BCUT2D eigenvalue weighted by molar-refractivity contribution is 9.10. The van der Waals surface area contributed by atoms with Crippen LogP contribution in [0.4, 0.5) is 4.39 Å². The van der Waals surface area contributed by atoms with Gasteiger partial charge < -0.3 is 9.47 Å². The molecule has 3 aromatic rings. The second-order valence-corrected chi connectivity index (χ2v) is 8.66. The molecule has 8 heteroatoms. The van der Waals surface area contributed by atoms with Gasteiger partial charge in [-0.3, -0.25) is 4.57 Å². The number of methoxy groups -OCH3 is 1. The van der Waals surface area contributed by atoms with Crippen LogP contribution in [0.2, 0.25) is 0 Å². The lowest BCUT2D eigenvalue weighted by atomic mass is 10.2. The number of nitrogens with zero attached hydrogens (tertiary/aromatic N) is 3. The van der Waals surface area contributed by atoms with Crippen LogP contribution >= 0.6 is 27.7 Å². The van der Waals surface area contributed by atoms with Crippen molar-refractivity contribution in [1.82, 2.24) is 14.8 Å². The summed E-state index contributed by atoms with van der Waals surface area (Å²) in [6.07, 6.45) is 2.23. The van der Waals surface area contributed by atoms with Gasteiger partial charge in [0.1, 0.15) is 11.6 Å². The van der Waals surface area contributed by atoms with Crippen molar-refractivity contribution >= 4 is 27.7 Å². The van der Waals surface area contributed by atoms with Gasteiger partial charge in [-0.05, 0) is 55.3 Å². The Morgan fingerprint density at radius 3 is 2.79 bits per heavy atom. The van der Waals surface area contributed by atoms with Crippen LogP contribution in [0.5, 0.6) is 5.75 Å². The molecule has 0 saturated carbocycles. The average molecular weight is 478 g/mol. The quantitative estimate of drug-likeness (QED) is 0.430. The summed E-state index contributed by atoms with van der Waals surface area (Å²) >= 11 is 5.12. The number of benzene rings is 2. The fourth-order valence-electron chi connectivity index (χ4n) is 3.37. The van der Waals surface area contributed by atoms with E-state index in [4.69, 9.17) is 9.47 Å². The second-order valence-electron chi connectivity index (χ2n) is 6.80. The van der Waals surface area contributed by atoms with Gasteiger partial charge in [0.25, 0.3) is 0 Å². The smallest absolute Gasteiger partial charge is 0.191 e. The molecule has 0 bridgehead atoms. The Labute approximate surface area is 181 Å². The third-order valence-electron chi connectivity index (χ3n) is 4.83. The molecule has 1 aliphatic heterocycles. The minimum absolute atomic E-state index is 0.143. The van der Waals surface area contributed by atoms with Crippen LogP contribution in [0.15, 0.2) is 52.1 Å². The second kappa shape index (κ2) is 9.28. The Morgan fingerprint density at radius 2 is 2.07 bits per heavy atom. The van der Waals surface area contributed by atoms with Crippen LogP contribution in [0.25, 0.3) is 11.4 Å². The lowest BCUT2D eigenvalue weighted by Crippen LogP contribution is -2.16. The molecule has 2 heterocycles. The van der Waals surface area contributed by atoms with Crippen molar-refractivity contribution in [1.29, 1.82) is 0 Å². The average Bonchev–Trinajstić information content (AvgIpc) is 3.38. The molecular weight excluding hydrogens is 457 g/mol. The topological polar surface area (TPSA) is 49.2 Å². The van der Waals surface area contributed by atoms with Crippen LogP contribution in [0.1, 0.15) is 18.4 Å². The minimum atomic E-state index is -0.268. The third-order valence-corrected chi connectivity index (χ3v) is 6.34. The van der Waals surface area contributed by atoms with E-state index in [1.54, 1.807) is 31.0 Å². The SMILES string of the molecule is COc1ccc(Br)cc1CSc1nnc(-c2ccc(F)cc2)n1CC1CCCO1. The zero-order chi connectivity index (χ0) is 20.2. The molecule has 1 aromatic heterocycles. The number of rotatable bonds is 7. The van der Waals surface area contributed by atoms with Gasteiger partial charge in [0.15, 0.2) is 11.0 Å². The molecule has 1 fully saturated rings. The standard InChI is InChI=1S/C21H21BrFN3O2S/c1-27-19-9-6-16(22)11-15(19)13-29-21-25-24-20(14-4-7-17(23)8-5-14)26(21)12-18-3-2-10-28-18/h4-9,11,18H,2-3,10,12-13H2,1H3. The van der Waals surface area contributed by atoms with E-state index in [-0.39, 0.29) is 11.9 Å². The first kappa shape index (κ1) is 20.4. The predicted molar refractivity (Wildman–Crippen MR) is 115 cm³/mol. The highest BCUT2D eigenvalue weighted by Gasteiger charge is 2.22. The van der Waals surface area contributed by atoms with Crippen LogP contribution in [-0.4, -0.2) is 34.6 Å². The van der Waals surface area contributed by atoms with Gasteiger partial charge in [-0.2, -0.15) is 0 Å². The molecule has 1 atom stereocenters. The van der Waals surface area contributed by atoms with Crippen LogP contribution in [-0.2, 0) is 17.0 Å². The first-order chi connectivity index (χ1) is 14.1. The van der Waals surface area contributed by atoms with Gasteiger partial charge in [-0.25, -0.2) is 4.39 Å². The number of hydrogen-bond acceptors (Lipinski definition) is 5. The van der Waals surface area contributed by atoms with E-state index in [9.17, 15) is 4.39 Å². The van der Waals surface area contributed by atoms with E-state index in [1.165, 1.54) is 12.1 Å². The molecule has 2 aromatic carbocycles. The molecule has 152 valence electrons.